The lowest BCUT2D eigenvalue weighted by molar-refractivity contribution is -0.385. The summed E-state index contributed by atoms with van der Waals surface area (Å²) in [5.74, 6) is -4.15. The summed E-state index contributed by atoms with van der Waals surface area (Å²) in [5.41, 5.74) is 7.25. The first-order valence-corrected chi connectivity index (χ1v) is 26.8. The number of nitrogens with one attached hydrogen (secondary N) is 2. The van der Waals surface area contributed by atoms with E-state index in [0.29, 0.717) is 53.4 Å². The molecule has 4 aliphatic rings. The monoisotopic (exact) mass is 1100 g/mol. The van der Waals surface area contributed by atoms with E-state index in [4.69, 9.17) is 18.9 Å². The van der Waals surface area contributed by atoms with Crippen LogP contribution in [0.5, 0.6) is 0 Å². The number of nitro groups is 2. The topological polar surface area (TPSA) is 225 Å². The Hall–Kier alpha value is -8.78. The zero-order valence-electron chi connectivity index (χ0n) is 46.3. The fourth-order valence-corrected chi connectivity index (χ4v) is 11.2. The fraction of sp³-hybridized carbons (Fsp3) is 0.323. The van der Waals surface area contributed by atoms with E-state index in [1.807, 2.05) is 30.3 Å². The van der Waals surface area contributed by atoms with Gasteiger partial charge < -0.3 is 29.6 Å². The number of benzene rings is 5. The third kappa shape index (κ3) is 14.0. The fourth-order valence-electron chi connectivity index (χ4n) is 11.2. The number of esters is 4. The van der Waals surface area contributed by atoms with Gasteiger partial charge in [-0.3, -0.25) is 34.9 Å². The zero-order chi connectivity index (χ0) is 57.7. The van der Waals surface area contributed by atoms with Crippen LogP contribution in [0.2, 0.25) is 0 Å². The van der Waals surface area contributed by atoms with E-state index in [-0.39, 0.29) is 52.4 Å². The largest absolute Gasteiger partial charge is 0.466 e. The molecule has 0 amide bonds. The predicted molar refractivity (Wildman–Crippen MR) is 303 cm³/mol. The SMILES string of the molecule is COC(=O)C1=C(C)NC(C)=C(C(=O)OCCN2CCN(C(c3ccccc3)c3ccccc3)CC2)C1c1cccc([N+](=O)[O-])c1.COC(=O)C1=C(C)NC(C)=C(C(=O)O[C@H]2CCN(Cc3ccccc3)C2)[C@H]1c1cccc([N+](=O)[O-])c1. The lowest BCUT2D eigenvalue weighted by atomic mass is 9.80. The number of dihydropyridines is 2. The van der Waals surface area contributed by atoms with Gasteiger partial charge in [0.15, 0.2) is 0 Å². The first-order chi connectivity index (χ1) is 39.1. The molecule has 2 fully saturated rings. The molecule has 422 valence electrons. The van der Waals surface area contributed by atoms with Crippen LogP contribution in [0.4, 0.5) is 11.4 Å². The van der Waals surface area contributed by atoms with Gasteiger partial charge in [0.25, 0.3) is 11.4 Å². The number of ether oxygens (including phenoxy) is 4. The highest BCUT2D eigenvalue weighted by molar-refractivity contribution is 6.01. The van der Waals surface area contributed by atoms with Crippen molar-refractivity contribution < 1.29 is 48.0 Å². The standard InChI is InChI=1S/C35H38N4O6.C27H29N3O6/c1-24-30(34(40)44-3)32(28-15-10-16-29(23-28)39(42)43)31(25(2)36-24)35(41)45-22-21-37-17-19-38(20-18-37)33(26-11-6-4-7-12-26)27-13-8-5-9-14-27;1-17-23(26(31)35-3)25(20-10-7-11-21(14-20)30(33)34)24(18(2)28-17)27(32)36-22-12-13-29(16-22)15-19-8-5-4-6-9-19/h4-16,23,32-33,36H,17-22H2,1-3H3;4-11,14,22,25,28H,12-13,15-16H2,1-3H3/t;22-,25-/m.0/s1. The Balaban J connectivity index is 0.000000218. The van der Waals surface area contributed by atoms with Gasteiger partial charge in [-0.15, -0.1) is 0 Å². The van der Waals surface area contributed by atoms with Crippen LogP contribution in [-0.4, -0.2) is 121 Å². The molecule has 9 rings (SSSR count). The Morgan fingerprint density at radius 1 is 0.556 bits per heavy atom. The molecule has 1 unspecified atom stereocenters. The number of methoxy groups -OCH3 is 2. The van der Waals surface area contributed by atoms with Gasteiger partial charge in [-0.1, -0.05) is 115 Å². The maximum absolute atomic E-state index is 13.6. The van der Waals surface area contributed by atoms with Gasteiger partial charge in [0.1, 0.15) is 12.7 Å². The molecule has 5 aromatic rings. The van der Waals surface area contributed by atoms with Crippen molar-refractivity contribution in [3.05, 3.63) is 233 Å². The summed E-state index contributed by atoms with van der Waals surface area (Å²) >= 11 is 0. The van der Waals surface area contributed by atoms with Crippen molar-refractivity contribution in [1.82, 2.24) is 25.3 Å². The smallest absolute Gasteiger partial charge is 0.337 e. The molecule has 5 aromatic carbocycles. The average molecular weight is 1100 g/mol. The van der Waals surface area contributed by atoms with Gasteiger partial charge in [-0.25, -0.2) is 19.2 Å². The third-order valence-corrected chi connectivity index (χ3v) is 15.0. The molecule has 0 aromatic heterocycles. The van der Waals surface area contributed by atoms with Crippen molar-refractivity contribution >= 4 is 35.3 Å². The van der Waals surface area contributed by atoms with Crippen molar-refractivity contribution in [2.24, 2.45) is 0 Å². The van der Waals surface area contributed by atoms with E-state index in [9.17, 15) is 39.4 Å². The summed E-state index contributed by atoms with van der Waals surface area (Å²) in [4.78, 5) is 81.8. The molecule has 0 saturated carbocycles. The predicted octanol–water partition coefficient (Wildman–Crippen LogP) is 8.77. The minimum Gasteiger partial charge on any atom is -0.466 e. The van der Waals surface area contributed by atoms with Crippen LogP contribution < -0.4 is 10.6 Å². The van der Waals surface area contributed by atoms with Crippen molar-refractivity contribution in [3.8, 4) is 0 Å². The summed E-state index contributed by atoms with van der Waals surface area (Å²) < 4.78 is 21.8. The number of hydrogen-bond acceptors (Lipinski definition) is 17. The molecule has 0 bridgehead atoms. The molecular formula is C62H67N7O12. The molecule has 0 spiro atoms. The normalized spacial score (nSPS) is 18.8. The summed E-state index contributed by atoms with van der Waals surface area (Å²) in [7, 11) is 2.52. The average Bonchev–Trinajstić information content (AvgIpc) is 4.07. The number of nitro benzene ring substituents is 2. The Kier molecular flexibility index (Phi) is 19.4. The van der Waals surface area contributed by atoms with E-state index in [0.717, 1.165) is 39.3 Å². The van der Waals surface area contributed by atoms with Crippen molar-refractivity contribution in [2.45, 2.75) is 64.6 Å². The second-order valence-electron chi connectivity index (χ2n) is 20.2. The number of allylic oxidation sites excluding steroid dienone is 4. The molecule has 81 heavy (non-hydrogen) atoms. The second-order valence-corrected chi connectivity index (χ2v) is 20.2. The summed E-state index contributed by atoms with van der Waals surface area (Å²) in [5, 5.41) is 29.1. The van der Waals surface area contributed by atoms with Crippen molar-refractivity contribution in [1.29, 1.82) is 0 Å². The summed E-state index contributed by atoms with van der Waals surface area (Å²) in [6, 6.07) is 43.2. The lowest BCUT2D eigenvalue weighted by Gasteiger charge is -2.39. The number of piperazine rings is 1. The van der Waals surface area contributed by atoms with E-state index < -0.39 is 45.6 Å². The number of likely N-dealkylation sites (tertiary alicyclic amines) is 1. The van der Waals surface area contributed by atoms with E-state index in [1.54, 1.807) is 39.8 Å². The quantitative estimate of drug-likeness (QED) is 0.0384. The van der Waals surface area contributed by atoms with Gasteiger partial charge in [-0.05, 0) is 61.9 Å². The molecule has 2 N–H and O–H groups in total. The second kappa shape index (κ2) is 26.9. The Morgan fingerprint density at radius 3 is 1.46 bits per heavy atom. The molecule has 2 saturated heterocycles. The maximum Gasteiger partial charge on any atom is 0.337 e. The number of non-ortho nitro benzene ring substituents is 2. The Morgan fingerprint density at radius 2 is 1.00 bits per heavy atom. The number of hydrogen-bond donors (Lipinski definition) is 2. The van der Waals surface area contributed by atoms with Gasteiger partial charge in [0.2, 0.25) is 0 Å². The Labute approximate surface area is 470 Å². The number of nitrogens with zero attached hydrogens (tertiary/aromatic N) is 5. The summed E-state index contributed by atoms with van der Waals surface area (Å²) in [6.45, 7) is 13.1. The molecule has 19 heteroatoms. The van der Waals surface area contributed by atoms with Crippen LogP contribution in [0.3, 0.4) is 0 Å². The minimum absolute atomic E-state index is 0.134. The number of carbonyl (C=O) groups excluding carboxylic acids is 4. The molecule has 19 nitrogen and oxygen atoms in total. The van der Waals surface area contributed by atoms with Crippen LogP contribution in [0.15, 0.2) is 185 Å². The van der Waals surface area contributed by atoms with Gasteiger partial charge >= 0.3 is 23.9 Å². The minimum atomic E-state index is -0.887. The van der Waals surface area contributed by atoms with E-state index in [2.05, 4.69) is 86.0 Å². The van der Waals surface area contributed by atoms with Crippen molar-refractivity contribution in [2.75, 3.05) is 66.6 Å². The first-order valence-electron chi connectivity index (χ1n) is 26.8. The van der Waals surface area contributed by atoms with Crippen LogP contribution in [0, 0.1) is 20.2 Å². The highest BCUT2D eigenvalue weighted by Gasteiger charge is 2.41. The van der Waals surface area contributed by atoms with Crippen molar-refractivity contribution in [3.63, 3.8) is 0 Å². The number of rotatable bonds is 17. The third-order valence-electron chi connectivity index (χ3n) is 15.0. The van der Waals surface area contributed by atoms with Crippen LogP contribution in [0.25, 0.3) is 0 Å². The van der Waals surface area contributed by atoms with E-state index in [1.165, 1.54) is 67.3 Å². The van der Waals surface area contributed by atoms with Crippen LogP contribution in [-0.2, 0) is 44.7 Å². The molecule has 3 atom stereocenters. The maximum atomic E-state index is 13.6. The van der Waals surface area contributed by atoms with Gasteiger partial charge in [0.05, 0.1) is 64.2 Å². The zero-order valence-corrected chi connectivity index (χ0v) is 46.3. The van der Waals surface area contributed by atoms with Gasteiger partial charge in [0, 0.05) is 99.4 Å². The van der Waals surface area contributed by atoms with E-state index >= 15 is 0 Å². The molecule has 0 aliphatic carbocycles. The molecule has 4 aliphatic heterocycles. The van der Waals surface area contributed by atoms with Crippen LogP contribution >= 0.6 is 0 Å². The van der Waals surface area contributed by atoms with Gasteiger partial charge in [-0.2, -0.15) is 0 Å². The first kappa shape index (κ1) is 58.4. The Bertz CT molecular complexity index is 3220. The highest BCUT2D eigenvalue weighted by atomic mass is 16.6. The summed E-state index contributed by atoms with van der Waals surface area (Å²) in [6.07, 6.45) is 0.388. The molecule has 4 heterocycles. The highest BCUT2D eigenvalue weighted by Crippen LogP contribution is 2.42. The molecule has 0 radical (unpaired) electrons. The molecular weight excluding hydrogens is 1030 g/mol. The van der Waals surface area contributed by atoms with Crippen LogP contribution in [0.1, 0.15) is 79.8 Å². The lowest BCUT2D eigenvalue weighted by Crippen LogP contribution is -2.48. The number of carbonyl (C=O) groups is 4.